The SMILES string of the molecule is CC(C)(C)C(=O)NCc1ccc(N2CCCC2)cc1. The Morgan fingerprint density at radius 2 is 1.74 bits per heavy atom. The van der Waals surface area contributed by atoms with Crippen LogP contribution >= 0.6 is 0 Å². The predicted octanol–water partition coefficient (Wildman–Crippen LogP) is 2.95. The highest BCUT2D eigenvalue weighted by Gasteiger charge is 2.20. The van der Waals surface area contributed by atoms with Crippen molar-refractivity contribution in [3.63, 3.8) is 0 Å². The van der Waals surface area contributed by atoms with Crippen molar-refractivity contribution in [3.05, 3.63) is 29.8 Å². The van der Waals surface area contributed by atoms with Gasteiger partial charge in [0.2, 0.25) is 5.91 Å². The first kappa shape index (κ1) is 13.9. The molecule has 1 heterocycles. The quantitative estimate of drug-likeness (QED) is 0.906. The maximum absolute atomic E-state index is 11.8. The Bertz CT molecular complexity index is 425. The van der Waals surface area contributed by atoms with Crippen LogP contribution in [0.3, 0.4) is 0 Å². The molecule has 0 aliphatic carbocycles. The minimum Gasteiger partial charge on any atom is -0.372 e. The first-order valence-electron chi connectivity index (χ1n) is 7.09. The molecule has 3 heteroatoms. The van der Waals surface area contributed by atoms with Gasteiger partial charge in [-0.15, -0.1) is 0 Å². The van der Waals surface area contributed by atoms with Crippen LogP contribution in [0, 0.1) is 5.41 Å². The second-order valence-electron chi connectivity index (χ2n) is 6.29. The van der Waals surface area contributed by atoms with Crippen molar-refractivity contribution in [2.24, 2.45) is 5.41 Å². The lowest BCUT2D eigenvalue weighted by atomic mass is 9.95. The van der Waals surface area contributed by atoms with Crippen LogP contribution < -0.4 is 10.2 Å². The third-order valence-electron chi connectivity index (χ3n) is 3.54. The van der Waals surface area contributed by atoms with Gasteiger partial charge < -0.3 is 10.2 Å². The molecule has 0 unspecified atom stereocenters. The van der Waals surface area contributed by atoms with Crippen molar-refractivity contribution in [2.45, 2.75) is 40.2 Å². The van der Waals surface area contributed by atoms with Gasteiger partial charge in [0.15, 0.2) is 0 Å². The second kappa shape index (κ2) is 5.64. The zero-order chi connectivity index (χ0) is 13.9. The molecule has 0 atom stereocenters. The van der Waals surface area contributed by atoms with Crippen LogP contribution in [0.1, 0.15) is 39.2 Å². The topological polar surface area (TPSA) is 32.3 Å². The summed E-state index contributed by atoms with van der Waals surface area (Å²) in [5.74, 6) is 0.0936. The van der Waals surface area contributed by atoms with E-state index in [2.05, 4.69) is 34.5 Å². The molecule has 1 aliphatic heterocycles. The summed E-state index contributed by atoms with van der Waals surface area (Å²) in [6.45, 7) is 8.73. The van der Waals surface area contributed by atoms with E-state index in [1.54, 1.807) is 0 Å². The summed E-state index contributed by atoms with van der Waals surface area (Å²) in [5.41, 5.74) is 2.12. The molecule has 3 nitrogen and oxygen atoms in total. The maximum Gasteiger partial charge on any atom is 0.225 e. The number of hydrogen-bond donors (Lipinski definition) is 1. The van der Waals surface area contributed by atoms with Gasteiger partial charge in [0.1, 0.15) is 0 Å². The van der Waals surface area contributed by atoms with E-state index >= 15 is 0 Å². The Kier molecular flexibility index (Phi) is 4.13. The molecule has 19 heavy (non-hydrogen) atoms. The highest BCUT2D eigenvalue weighted by molar-refractivity contribution is 5.81. The van der Waals surface area contributed by atoms with Gasteiger partial charge in [0.05, 0.1) is 0 Å². The van der Waals surface area contributed by atoms with Crippen LogP contribution in [-0.4, -0.2) is 19.0 Å². The summed E-state index contributed by atoms with van der Waals surface area (Å²) >= 11 is 0. The highest BCUT2D eigenvalue weighted by Crippen LogP contribution is 2.20. The number of benzene rings is 1. The smallest absolute Gasteiger partial charge is 0.225 e. The summed E-state index contributed by atoms with van der Waals surface area (Å²) in [4.78, 5) is 14.2. The van der Waals surface area contributed by atoms with Gasteiger partial charge in [-0.1, -0.05) is 32.9 Å². The largest absolute Gasteiger partial charge is 0.372 e. The zero-order valence-corrected chi connectivity index (χ0v) is 12.2. The number of hydrogen-bond acceptors (Lipinski definition) is 2. The van der Waals surface area contributed by atoms with Crippen LogP contribution in [0.5, 0.6) is 0 Å². The van der Waals surface area contributed by atoms with E-state index in [4.69, 9.17) is 0 Å². The monoisotopic (exact) mass is 260 g/mol. The number of rotatable bonds is 3. The first-order chi connectivity index (χ1) is 8.97. The Morgan fingerprint density at radius 1 is 1.16 bits per heavy atom. The van der Waals surface area contributed by atoms with Gasteiger partial charge in [-0.3, -0.25) is 4.79 Å². The van der Waals surface area contributed by atoms with Crippen LogP contribution in [0.4, 0.5) is 5.69 Å². The molecule has 0 radical (unpaired) electrons. The molecule has 0 aromatic heterocycles. The Hall–Kier alpha value is -1.51. The molecule has 0 bridgehead atoms. The number of anilines is 1. The van der Waals surface area contributed by atoms with Crippen molar-refractivity contribution in [3.8, 4) is 0 Å². The minimum atomic E-state index is -0.324. The van der Waals surface area contributed by atoms with E-state index < -0.39 is 0 Å². The molecule has 1 N–H and O–H groups in total. The number of nitrogens with one attached hydrogen (secondary N) is 1. The molecule has 1 aromatic rings. The van der Waals surface area contributed by atoms with Gasteiger partial charge >= 0.3 is 0 Å². The van der Waals surface area contributed by atoms with Gasteiger partial charge in [0, 0.05) is 30.7 Å². The maximum atomic E-state index is 11.8. The second-order valence-corrected chi connectivity index (χ2v) is 6.29. The van der Waals surface area contributed by atoms with E-state index in [0.717, 1.165) is 5.56 Å². The average molecular weight is 260 g/mol. The van der Waals surface area contributed by atoms with Crippen molar-refractivity contribution in [2.75, 3.05) is 18.0 Å². The first-order valence-corrected chi connectivity index (χ1v) is 7.09. The summed E-state index contributed by atoms with van der Waals surface area (Å²) in [5, 5.41) is 2.98. The van der Waals surface area contributed by atoms with Gasteiger partial charge in [0.25, 0.3) is 0 Å². The fourth-order valence-electron chi connectivity index (χ4n) is 2.25. The molecule has 1 fully saturated rings. The van der Waals surface area contributed by atoms with E-state index in [1.165, 1.54) is 31.6 Å². The molecule has 0 saturated carbocycles. The number of carbonyl (C=O) groups excluding carboxylic acids is 1. The van der Waals surface area contributed by atoms with E-state index in [9.17, 15) is 4.79 Å². The van der Waals surface area contributed by atoms with E-state index in [1.807, 2.05) is 20.8 Å². The van der Waals surface area contributed by atoms with Crippen LogP contribution in [0.15, 0.2) is 24.3 Å². The number of carbonyl (C=O) groups is 1. The fourth-order valence-corrected chi connectivity index (χ4v) is 2.25. The van der Waals surface area contributed by atoms with Gasteiger partial charge in [-0.05, 0) is 30.5 Å². The van der Waals surface area contributed by atoms with Crippen molar-refractivity contribution in [1.82, 2.24) is 5.32 Å². The molecule has 1 aliphatic rings. The average Bonchev–Trinajstić information content (AvgIpc) is 2.89. The molecular formula is C16H24N2O. The Balaban J connectivity index is 1.90. The fraction of sp³-hybridized carbons (Fsp3) is 0.562. The highest BCUT2D eigenvalue weighted by atomic mass is 16.2. The van der Waals surface area contributed by atoms with E-state index in [0.29, 0.717) is 6.54 Å². The van der Waals surface area contributed by atoms with E-state index in [-0.39, 0.29) is 11.3 Å². The Morgan fingerprint density at radius 3 is 2.26 bits per heavy atom. The van der Waals surface area contributed by atoms with Crippen molar-refractivity contribution < 1.29 is 4.79 Å². The lowest BCUT2D eigenvalue weighted by molar-refractivity contribution is -0.128. The third kappa shape index (κ3) is 3.72. The van der Waals surface area contributed by atoms with Crippen LogP contribution in [0.25, 0.3) is 0 Å². The lowest BCUT2D eigenvalue weighted by Crippen LogP contribution is -2.34. The molecular weight excluding hydrogens is 236 g/mol. The lowest BCUT2D eigenvalue weighted by Gasteiger charge is -2.19. The molecule has 2 rings (SSSR count). The molecule has 1 saturated heterocycles. The van der Waals surface area contributed by atoms with Crippen LogP contribution in [0.2, 0.25) is 0 Å². The number of amides is 1. The molecule has 1 aromatic carbocycles. The molecule has 104 valence electrons. The standard InChI is InChI=1S/C16H24N2O/c1-16(2,3)15(19)17-12-13-6-8-14(9-7-13)18-10-4-5-11-18/h6-9H,4-5,10-12H2,1-3H3,(H,17,19). The summed E-state index contributed by atoms with van der Waals surface area (Å²) in [7, 11) is 0. The summed E-state index contributed by atoms with van der Waals surface area (Å²) in [6.07, 6.45) is 2.59. The number of nitrogens with zero attached hydrogens (tertiary/aromatic N) is 1. The normalized spacial score (nSPS) is 15.6. The third-order valence-corrected chi connectivity index (χ3v) is 3.54. The zero-order valence-electron chi connectivity index (χ0n) is 12.2. The van der Waals surface area contributed by atoms with Gasteiger partial charge in [-0.2, -0.15) is 0 Å². The minimum absolute atomic E-state index is 0.0936. The molecule has 1 amide bonds. The summed E-state index contributed by atoms with van der Waals surface area (Å²) in [6, 6.07) is 8.53. The predicted molar refractivity (Wildman–Crippen MR) is 79.2 cm³/mol. The Labute approximate surface area is 116 Å². The van der Waals surface area contributed by atoms with Gasteiger partial charge in [-0.25, -0.2) is 0 Å². The van der Waals surface area contributed by atoms with Crippen molar-refractivity contribution >= 4 is 11.6 Å². The summed E-state index contributed by atoms with van der Waals surface area (Å²) < 4.78 is 0. The molecule has 0 spiro atoms. The van der Waals surface area contributed by atoms with Crippen LogP contribution in [-0.2, 0) is 11.3 Å². The van der Waals surface area contributed by atoms with Crippen molar-refractivity contribution in [1.29, 1.82) is 0 Å².